The zero-order valence-electron chi connectivity index (χ0n) is 16.5. The highest BCUT2D eigenvalue weighted by Crippen LogP contribution is 2.21. The van der Waals surface area contributed by atoms with Crippen molar-refractivity contribution in [2.45, 2.75) is 44.9 Å². The fourth-order valence-electron chi connectivity index (χ4n) is 2.78. The normalized spacial score (nSPS) is 19.9. The number of rotatable bonds is 5. The van der Waals surface area contributed by atoms with Gasteiger partial charge in [0.2, 0.25) is 0 Å². The van der Waals surface area contributed by atoms with Crippen molar-refractivity contribution in [3.63, 3.8) is 0 Å². The highest BCUT2D eigenvalue weighted by molar-refractivity contribution is 6.30. The summed E-state index contributed by atoms with van der Waals surface area (Å²) in [6, 6.07) is 3.68. The van der Waals surface area contributed by atoms with Crippen molar-refractivity contribution in [2.24, 2.45) is 0 Å². The van der Waals surface area contributed by atoms with E-state index >= 15 is 0 Å². The summed E-state index contributed by atoms with van der Waals surface area (Å²) in [5, 5.41) is 2.82. The standard InChI is InChI=1S/C19H26ClFN2O5/c1-19(2,3)28-18(25)23-8-7-15(16(10-23)26-4)22-17(24)11-27-12-5-6-13(20)14(21)9-12/h5-6,9,15-16H,7-8,10-11H2,1-4H3,(H,22,24)/t15-,16+/m0/s1. The molecule has 2 atom stereocenters. The molecule has 1 aromatic rings. The van der Waals surface area contributed by atoms with Gasteiger partial charge in [0.1, 0.15) is 17.2 Å². The summed E-state index contributed by atoms with van der Waals surface area (Å²) >= 11 is 5.61. The number of piperidine rings is 1. The monoisotopic (exact) mass is 416 g/mol. The minimum absolute atomic E-state index is 0.0171. The molecule has 1 aromatic carbocycles. The van der Waals surface area contributed by atoms with E-state index < -0.39 is 17.5 Å². The Morgan fingerprint density at radius 3 is 2.68 bits per heavy atom. The lowest BCUT2D eigenvalue weighted by atomic mass is 10.0. The lowest BCUT2D eigenvalue weighted by Gasteiger charge is -2.38. The van der Waals surface area contributed by atoms with Gasteiger partial charge in [-0.3, -0.25) is 4.79 Å². The van der Waals surface area contributed by atoms with E-state index in [2.05, 4.69) is 5.32 Å². The molecule has 1 aliphatic heterocycles. The van der Waals surface area contributed by atoms with Gasteiger partial charge in [-0.05, 0) is 39.3 Å². The van der Waals surface area contributed by atoms with Crippen LogP contribution in [0.4, 0.5) is 9.18 Å². The molecule has 0 aliphatic carbocycles. The van der Waals surface area contributed by atoms with E-state index in [0.717, 1.165) is 6.07 Å². The Balaban J connectivity index is 1.85. The van der Waals surface area contributed by atoms with Crippen molar-refractivity contribution in [2.75, 3.05) is 26.8 Å². The zero-order valence-corrected chi connectivity index (χ0v) is 17.2. The van der Waals surface area contributed by atoms with E-state index in [-0.39, 0.29) is 35.4 Å². The summed E-state index contributed by atoms with van der Waals surface area (Å²) in [5.41, 5.74) is -0.580. The molecule has 0 bridgehead atoms. The van der Waals surface area contributed by atoms with E-state index in [1.165, 1.54) is 19.2 Å². The molecule has 1 aliphatic rings. The van der Waals surface area contributed by atoms with Crippen LogP contribution in [0.15, 0.2) is 18.2 Å². The van der Waals surface area contributed by atoms with Crippen molar-refractivity contribution in [1.29, 1.82) is 0 Å². The Morgan fingerprint density at radius 1 is 1.36 bits per heavy atom. The highest BCUT2D eigenvalue weighted by Gasteiger charge is 2.34. The fraction of sp³-hybridized carbons (Fsp3) is 0.579. The van der Waals surface area contributed by atoms with Crippen LogP contribution < -0.4 is 10.1 Å². The molecule has 0 spiro atoms. The Bertz CT molecular complexity index is 710. The molecule has 2 rings (SSSR count). The first kappa shape index (κ1) is 22.2. The molecule has 1 saturated heterocycles. The summed E-state index contributed by atoms with van der Waals surface area (Å²) in [4.78, 5) is 26.0. The third-order valence-electron chi connectivity index (χ3n) is 4.12. The van der Waals surface area contributed by atoms with Crippen molar-refractivity contribution >= 4 is 23.6 Å². The summed E-state index contributed by atoms with van der Waals surface area (Å²) in [5.74, 6) is -0.776. The quantitative estimate of drug-likeness (QED) is 0.798. The largest absolute Gasteiger partial charge is 0.484 e. The molecule has 2 amide bonds. The minimum Gasteiger partial charge on any atom is -0.484 e. The molecule has 0 aromatic heterocycles. The van der Waals surface area contributed by atoms with Crippen LogP contribution in [0.25, 0.3) is 0 Å². The van der Waals surface area contributed by atoms with Gasteiger partial charge in [0.15, 0.2) is 6.61 Å². The van der Waals surface area contributed by atoms with Crippen molar-refractivity contribution < 1.29 is 28.2 Å². The predicted molar refractivity (Wildman–Crippen MR) is 102 cm³/mol. The molecule has 7 nitrogen and oxygen atoms in total. The topological polar surface area (TPSA) is 77.1 Å². The average molecular weight is 417 g/mol. The van der Waals surface area contributed by atoms with Gasteiger partial charge in [0, 0.05) is 19.7 Å². The van der Waals surface area contributed by atoms with Gasteiger partial charge in [-0.1, -0.05) is 11.6 Å². The van der Waals surface area contributed by atoms with E-state index in [4.69, 9.17) is 25.8 Å². The zero-order chi connectivity index (χ0) is 20.9. The number of ether oxygens (including phenoxy) is 3. The van der Waals surface area contributed by atoms with Crippen LogP contribution in [-0.4, -0.2) is 61.5 Å². The van der Waals surface area contributed by atoms with Crippen LogP contribution in [0.3, 0.4) is 0 Å². The Hall–Kier alpha value is -2.06. The second kappa shape index (κ2) is 9.43. The number of carbonyl (C=O) groups is 2. The Morgan fingerprint density at radius 2 is 2.07 bits per heavy atom. The number of hydrogen-bond acceptors (Lipinski definition) is 5. The predicted octanol–water partition coefficient (Wildman–Crippen LogP) is 3.00. The number of likely N-dealkylation sites (tertiary alicyclic amines) is 1. The SMILES string of the molecule is CO[C@@H]1CN(C(=O)OC(C)(C)C)CC[C@@H]1NC(=O)COc1ccc(Cl)c(F)c1. The van der Waals surface area contributed by atoms with E-state index in [1.807, 2.05) is 0 Å². The second-order valence-corrected chi connectivity index (χ2v) is 7.93. The number of nitrogens with one attached hydrogen (secondary N) is 1. The molecule has 1 fully saturated rings. The number of nitrogens with zero attached hydrogens (tertiary/aromatic N) is 1. The van der Waals surface area contributed by atoms with E-state index in [0.29, 0.717) is 19.5 Å². The number of benzene rings is 1. The van der Waals surface area contributed by atoms with Gasteiger partial charge in [0.05, 0.1) is 23.7 Å². The molecule has 0 radical (unpaired) electrons. The van der Waals surface area contributed by atoms with Crippen molar-refractivity contribution in [1.82, 2.24) is 10.2 Å². The molecule has 156 valence electrons. The van der Waals surface area contributed by atoms with Gasteiger partial charge < -0.3 is 24.4 Å². The first-order chi connectivity index (χ1) is 13.1. The number of halogens is 2. The number of methoxy groups -OCH3 is 1. The fourth-order valence-corrected chi connectivity index (χ4v) is 2.89. The number of amides is 2. The summed E-state index contributed by atoms with van der Waals surface area (Å²) in [7, 11) is 1.52. The third-order valence-corrected chi connectivity index (χ3v) is 4.43. The average Bonchev–Trinajstić information content (AvgIpc) is 2.61. The van der Waals surface area contributed by atoms with E-state index in [9.17, 15) is 14.0 Å². The van der Waals surface area contributed by atoms with Gasteiger partial charge in [-0.15, -0.1) is 0 Å². The highest BCUT2D eigenvalue weighted by atomic mass is 35.5. The molecule has 9 heteroatoms. The molecule has 28 heavy (non-hydrogen) atoms. The molecule has 0 saturated carbocycles. The van der Waals surface area contributed by atoms with Gasteiger partial charge in [-0.25, -0.2) is 9.18 Å². The Labute approximate surface area is 169 Å². The summed E-state index contributed by atoms with van der Waals surface area (Å²) in [6.45, 7) is 5.88. The molecular formula is C19H26ClFN2O5. The summed E-state index contributed by atoms with van der Waals surface area (Å²) < 4.78 is 29.5. The Kier molecular flexibility index (Phi) is 7.48. The van der Waals surface area contributed by atoms with Gasteiger partial charge in [-0.2, -0.15) is 0 Å². The number of hydrogen-bond donors (Lipinski definition) is 1. The van der Waals surface area contributed by atoms with Crippen molar-refractivity contribution in [3.05, 3.63) is 29.0 Å². The molecule has 1 heterocycles. The summed E-state index contributed by atoms with van der Waals surface area (Å²) in [6.07, 6.45) is -0.274. The smallest absolute Gasteiger partial charge is 0.410 e. The van der Waals surface area contributed by atoms with Gasteiger partial charge in [0.25, 0.3) is 5.91 Å². The van der Waals surface area contributed by atoms with Crippen LogP contribution >= 0.6 is 11.6 Å². The number of carbonyl (C=O) groups excluding carboxylic acids is 2. The third kappa shape index (κ3) is 6.53. The van der Waals surface area contributed by atoms with E-state index in [1.54, 1.807) is 25.7 Å². The maximum absolute atomic E-state index is 13.4. The maximum Gasteiger partial charge on any atom is 0.410 e. The maximum atomic E-state index is 13.4. The van der Waals surface area contributed by atoms with Crippen LogP contribution in [0.5, 0.6) is 5.75 Å². The van der Waals surface area contributed by atoms with Gasteiger partial charge >= 0.3 is 6.09 Å². The van der Waals surface area contributed by atoms with Crippen LogP contribution in [0, 0.1) is 5.82 Å². The van der Waals surface area contributed by atoms with Crippen LogP contribution in [0.2, 0.25) is 5.02 Å². The van der Waals surface area contributed by atoms with Crippen molar-refractivity contribution in [3.8, 4) is 5.75 Å². The minimum atomic E-state index is -0.617. The molecular weight excluding hydrogens is 391 g/mol. The lowest BCUT2D eigenvalue weighted by Crippen LogP contribution is -2.57. The van der Waals surface area contributed by atoms with Crippen LogP contribution in [0.1, 0.15) is 27.2 Å². The first-order valence-corrected chi connectivity index (χ1v) is 9.35. The molecule has 0 unspecified atom stereocenters. The first-order valence-electron chi connectivity index (χ1n) is 8.97. The molecule has 1 N–H and O–H groups in total. The van der Waals surface area contributed by atoms with Crippen LogP contribution in [-0.2, 0) is 14.3 Å². The second-order valence-electron chi connectivity index (χ2n) is 7.53. The lowest BCUT2D eigenvalue weighted by molar-refractivity contribution is -0.125.